The summed E-state index contributed by atoms with van der Waals surface area (Å²) in [4.78, 5) is 11.6. The predicted octanol–water partition coefficient (Wildman–Crippen LogP) is 1.79. The van der Waals surface area contributed by atoms with Gasteiger partial charge in [0.05, 0.1) is 6.54 Å². The predicted molar refractivity (Wildman–Crippen MR) is 61.5 cm³/mol. The maximum absolute atomic E-state index is 11.6. The lowest BCUT2D eigenvalue weighted by molar-refractivity contribution is 0.0994. The minimum Gasteiger partial charge on any atom is -0.504 e. The third-order valence-corrected chi connectivity index (χ3v) is 2.03. The van der Waals surface area contributed by atoms with Crippen LogP contribution in [0.25, 0.3) is 0 Å². The van der Waals surface area contributed by atoms with Gasteiger partial charge in [-0.3, -0.25) is 4.79 Å². The molecule has 0 aliphatic heterocycles. The maximum atomic E-state index is 11.6. The van der Waals surface area contributed by atoms with Gasteiger partial charge in [0.1, 0.15) is 0 Å². The molecule has 0 saturated heterocycles. The molecule has 1 aromatic rings. The average molecular weight is 221 g/mol. The van der Waals surface area contributed by atoms with Gasteiger partial charge in [0.2, 0.25) is 0 Å². The first-order valence-electron chi connectivity index (χ1n) is 5.08. The van der Waals surface area contributed by atoms with E-state index in [-0.39, 0.29) is 23.8 Å². The molecule has 3 N–H and O–H groups in total. The minimum absolute atomic E-state index is 0.143. The van der Waals surface area contributed by atoms with Crippen LogP contribution in [-0.4, -0.2) is 22.5 Å². The van der Waals surface area contributed by atoms with Crippen LogP contribution in [-0.2, 0) is 0 Å². The number of hydrogen-bond acceptors (Lipinski definition) is 4. The monoisotopic (exact) mass is 221 g/mol. The molecule has 16 heavy (non-hydrogen) atoms. The van der Waals surface area contributed by atoms with E-state index in [4.69, 9.17) is 5.11 Å². The highest BCUT2D eigenvalue weighted by molar-refractivity contribution is 5.98. The number of rotatable bonds is 5. The molecule has 0 aliphatic rings. The van der Waals surface area contributed by atoms with Gasteiger partial charge in [0.15, 0.2) is 17.3 Å². The van der Waals surface area contributed by atoms with Crippen LogP contribution in [0.1, 0.15) is 23.7 Å². The van der Waals surface area contributed by atoms with Crippen molar-refractivity contribution in [3.8, 4) is 11.5 Å². The Kier molecular flexibility index (Phi) is 4.39. The van der Waals surface area contributed by atoms with Gasteiger partial charge in [0.25, 0.3) is 0 Å². The summed E-state index contributed by atoms with van der Waals surface area (Å²) in [6.07, 6.45) is 4.53. The number of phenols is 2. The van der Waals surface area contributed by atoms with Crippen LogP contribution in [0.15, 0.2) is 30.5 Å². The van der Waals surface area contributed by atoms with E-state index in [1.807, 2.05) is 13.0 Å². The minimum atomic E-state index is -0.282. The van der Waals surface area contributed by atoms with E-state index in [0.29, 0.717) is 5.56 Å². The van der Waals surface area contributed by atoms with Crippen LogP contribution in [0.4, 0.5) is 0 Å². The number of hydrogen-bond donors (Lipinski definition) is 3. The van der Waals surface area contributed by atoms with Crippen LogP contribution in [0.2, 0.25) is 0 Å². The highest BCUT2D eigenvalue weighted by Gasteiger charge is 2.07. The zero-order valence-electron chi connectivity index (χ0n) is 9.10. The van der Waals surface area contributed by atoms with Crippen molar-refractivity contribution in [2.75, 3.05) is 6.54 Å². The number of carbonyl (C=O) groups is 1. The largest absolute Gasteiger partial charge is 0.504 e. The fourth-order valence-electron chi connectivity index (χ4n) is 1.15. The quantitative estimate of drug-likeness (QED) is 0.523. The molecular formula is C12H15NO3. The second-order valence-corrected chi connectivity index (χ2v) is 3.32. The van der Waals surface area contributed by atoms with E-state index >= 15 is 0 Å². The summed E-state index contributed by atoms with van der Waals surface area (Å²) >= 11 is 0. The number of aromatic hydroxyl groups is 2. The lowest BCUT2D eigenvalue weighted by atomic mass is 10.1. The number of benzene rings is 1. The smallest absolute Gasteiger partial charge is 0.181 e. The number of carbonyl (C=O) groups excluding carboxylic acids is 1. The van der Waals surface area contributed by atoms with Crippen molar-refractivity contribution < 1.29 is 15.0 Å². The molecule has 0 saturated carbocycles. The van der Waals surface area contributed by atoms with Crippen molar-refractivity contribution in [2.45, 2.75) is 13.3 Å². The van der Waals surface area contributed by atoms with E-state index < -0.39 is 0 Å². The summed E-state index contributed by atoms with van der Waals surface area (Å²) in [6, 6.07) is 4.02. The van der Waals surface area contributed by atoms with Crippen molar-refractivity contribution in [1.29, 1.82) is 0 Å². The van der Waals surface area contributed by atoms with E-state index in [2.05, 4.69) is 5.32 Å². The molecule has 4 heteroatoms. The van der Waals surface area contributed by atoms with Gasteiger partial charge in [-0.25, -0.2) is 0 Å². The number of ketones is 1. The molecule has 86 valence electrons. The summed E-state index contributed by atoms with van der Waals surface area (Å²) in [6.45, 7) is 2.17. The van der Waals surface area contributed by atoms with Gasteiger partial charge >= 0.3 is 0 Å². The summed E-state index contributed by atoms with van der Waals surface area (Å²) in [5, 5.41) is 21.1. The van der Waals surface area contributed by atoms with E-state index in [1.54, 1.807) is 6.20 Å². The standard InChI is InChI=1S/C12H15NO3/c1-2-3-6-13-8-12(16)9-4-5-10(14)11(15)7-9/h3-7,13-15H,2,8H2,1H3. The fourth-order valence-corrected chi connectivity index (χ4v) is 1.15. The summed E-state index contributed by atoms with van der Waals surface area (Å²) < 4.78 is 0. The average Bonchev–Trinajstić information content (AvgIpc) is 2.28. The number of nitrogens with one attached hydrogen (secondary N) is 1. The molecule has 0 heterocycles. The Bertz CT molecular complexity index is 399. The van der Waals surface area contributed by atoms with E-state index in [1.165, 1.54) is 18.2 Å². The Hall–Kier alpha value is -1.97. The Balaban J connectivity index is 2.59. The number of Topliss-reactive ketones (excluding diaryl/α,β-unsaturated/α-hetero) is 1. The molecule has 0 aromatic heterocycles. The second kappa shape index (κ2) is 5.80. The third kappa shape index (κ3) is 3.31. The van der Waals surface area contributed by atoms with Gasteiger partial charge in [-0.05, 0) is 30.8 Å². The van der Waals surface area contributed by atoms with Crippen molar-refractivity contribution in [3.63, 3.8) is 0 Å². The molecule has 0 fully saturated rings. The lowest BCUT2D eigenvalue weighted by Crippen LogP contribution is -2.17. The summed E-state index contributed by atoms with van der Waals surface area (Å²) in [5.74, 6) is -0.651. The van der Waals surface area contributed by atoms with Gasteiger partial charge in [0, 0.05) is 5.56 Å². The first kappa shape index (κ1) is 12.1. The van der Waals surface area contributed by atoms with Gasteiger partial charge < -0.3 is 15.5 Å². The molecule has 0 spiro atoms. The Morgan fingerprint density at radius 2 is 2.12 bits per heavy atom. The molecule has 4 nitrogen and oxygen atoms in total. The van der Waals surface area contributed by atoms with Crippen molar-refractivity contribution in [1.82, 2.24) is 5.32 Å². The van der Waals surface area contributed by atoms with Crippen LogP contribution in [0.5, 0.6) is 11.5 Å². The first-order chi connectivity index (χ1) is 7.65. The van der Waals surface area contributed by atoms with Crippen LogP contribution < -0.4 is 5.32 Å². The Morgan fingerprint density at radius 3 is 2.75 bits per heavy atom. The normalized spacial score (nSPS) is 10.6. The van der Waals surface area contributed by atoms with Crippen LogP contribution in [0.3, 0.4) is 0 Å². The molecule has 1 aromatic carbocycles. The van der Waals surface area contributed by atoms with Crippen molar-refractivity contribution in [3.05, 3.63) is 36.0 Å². The zero-order valence-corrected chi connectivity index (χ0v) is 9.10. The lowest BCUT2D eigenvalue weighted by Gasteiger charge is -2.03. The Morgan fingerprint density at radius 1 is 1.38 bits per heavy atom. The second-order valence-electron chi connectivity index (χ2n) is 3.32. The molecule has 0 amide bonds. The third-order valence-electron chi connectivity index (χ3n) is 2.03. The van der Waals surface area contributed by atoms with Gasteiger partial charge in [-0.1, -0.05) is 13.0 Å². The molecule has 0 bridgehead atoms. The molecule has 0 atom stereocenters. The van der Waals surface area contributed by atoms with Gasteiger partial charge in [-0.15, -0.1) is 0 Å². The first-order valence-corrected chi connectivity index (χ1v) is 5.08. The molecular weight excluding hydrogens is 206 g/mol. The van der Waals surface area contributed by atoms with E-state index in [0.717, 1.165) is 6.42 Å². The Labute approximate surface area is 94.2 Å². The molecule has 0 aliphatic carbocycles. The number of allylic oxidation sites excluding steroid dienone is 1. The molecule has 1 rings (SSSR count). The molecule has 0 radical (unpaired) electrons. The topological polar surface area (TPSA) is 69.6 Å². The van der Waals surface area contributed by atoms with Crippen LogP contribution >= 0.6 is 0 Å². The highest BCUT2D eigenvalue weighted by Crippen LogP contribution is 2.24. The van der Waals surface area contributed by atoms with Crippen molar-refractivity contribution in [2.24, 2.45) is 0 Å². The fraction of sp³-hybridized carbons (Fsp3) is 0.250. The summed E-state index contributed by atoms with van der Waals surface area (Å²) in [5.41, 5.74) is 0.368. The maximum Gasteiger partial charge on any atom is 0.181 e. The van der Waals surface area contributed by atoms with Gasteiger partial charge in [-0.2, -0.15) is 0 Å². The number of phenolic OH excluding ortho intramolecular Hbond substituents is 2. The highest BCUT2D eigenvalue weighted by atomic mass is 16.3. The summed E-state index contributed by atoms with van der Waals surface area (Å²) in [7, 11) is 0. The van der Waals surface area contributed by atoms with Crippen molar-refractivity contribution >= 4 is 5.78 Å². The SMILES string of the molecule is CCC=CNCC(=O)c1ccc(O)c(O)c1. The molecule has 0 unspecified atom stereocenters. The van der Waals surface area contributed by atoms with Crippen LogP contribution in [0, 0.1) is 0 Å². The van der Waals surface area contributed by atoms with E-state index in [9.17, 15) is 9.90 Å². The zero-order chi connectivity index (χ0) is 12.0.